The molecule has 1 heterocycles. The summed E-state index contributed by atoms with van der Waals surface area (Å²) in [5, 5.41) is 0. The Morgan fingerprint density at radius 3 is 2.67 bits per heavy atom. The molecule has 1 aromatic heterocycles. The topological polar surface area (TPSA) is 44.5 Å². The van der Waals surface area contributed by atoms with Gasteiger partial charge in [-0.2, -0.15) is 0 Å². The van der Waals surface area contributed by atoms with Crippen LogP contribution < -0.4 is 10.5 Å². The molecule has 3 nitrogen and oxygen atoms in total. The number of ether oxygens (including phenoxy) is 2. The van der Waals surface area contributed by atoms with Gasteiger partial charge in [-0.25, -0.2) is 0 Å². The highest BCUT2D eigenvalue weighted by atomic mass is 32.1. The standard InChI is InChI=1S/C17H19NO2S/c1-19-12-10-14-4-6-15(7-5-14)20-13-17-9-8-16(21-17)3-2-11-18/h4-9H,10-13,18H2,1H3. The van der Waals surface area contributed by atoms with Gasteiger partial charge in [0.05, 0.1) is 18.0 Å². The lowest BCUT2D eigenvalue weighted by Gasteiger charge is -2.06. The molecule has 0 bridgehead atoms. The van der Waals surface area contributed by atoms with E-state index in [1.165, 1.54) is 5.56 Å². The summed E-state index contributed by atoms with van der Waals surface area (Å²) in [7, 11) is 1.71. The van der Waals surface area contributed by atoms with Crippen molar-refractivity contribution in [1.29, 1.82) is 0 Å². The zero-order valence-electron chi connectivity index (χ0n) is 12.1. The number of hydrogen-bond donors (Lipinski definition) is 1. The summed E-state index contributed by atoms with van der Waals surface area (Å²) in [6.07, 6.45) is 0.922. The van der Waals surface area contributed by atoms with E-state index in [2.05, 4.69) is 24.0 Å². The molecule has 110 valence electrons. The lowest BCUT2D eigenvalue weighted by Crippen LogP contribution is -1.95. The Bertz CT molecular complexity index is 608. The minimum absolute atomic E-state index is 0.388. The molecule has 0 saturated carbocycles. The van der Waals surface area contributed by atoms with Gasteiger partial charge in [0.2, 0.25) is 0 Å². The highest BCUT2D eigenvalue weighted by Gasteiger charge is 2.00. The Balaban J connectivity index is 1.86. The van der Waals surface area contributed by atoms with E-state index in [0.29, 0.717) is 13.2 Å². The Morgan fingerprint density at radius 2 is 1.95 bits per heavy atom. The lowest BCUT2D eigenvalue weighted by atomic mass is 10.1. The largest absolute Gasteiger partial charge is 0.488 e. The van der Waals surface area contributed by atoms with E-state index in [9.17, 15) is 0 Å². The second-order valence-corrected chi connectivity index (χ2v) is 5.62. The van der Waals surface area contributed by atoms with Gasteiger partial charge in [-0.05, 0) is 36.2 Å². The van der Waals surface area contributed by atoms with Gasteiger partial charge >= 0.3 is 0 Å². The maximum atomic E-state index is 5.78. The first kappa shape index (κ1) is 15.6. The molecule has 2 aromatic rings. The summed E-state index contributed by atoms with van der Waals surface area (Å²) in [6, 6.07) is 12.2. The van der Waals surface area contributed by atoms with Gasteiger partial charge in [0, 0.05) is 12.0 Å². The molecule has 0 aliphatic carbocycles. The average Bonchev–Trinajstić information content (AvgIpc) is 2.98. The van der Waals surface area contributed by atoms with Gasteiger partial charge < -0.3 is 15.2 Å². The Kier molecular flexibility index (Phi) is 6.29. The molecule has 0 atom stereocenters. The number of methoxy groups -OCH3 is 1. The van der Waals surface area contributed by atoms with Crippen LogP contribution in [0.25, 0.3) is 0 Å². The van der Waals surface area contributed by atoms with E-state index in [1.54, 1.807) is 18.4 Å². The molecule has 0 spiro atoms. The Labute approximate surface area is 129 Å². The van der Waals surface area contributed by atoms with E-state index in [1.807, 2.05) is 24.3 Å². The van der Waals surface area contributed by atoms with Gasteiger partial charge in [0.15, 0.2) is 0 Å². The summed E-state index contributed by atoms with van der Waals surface area (Å²) >= 11 is 1.64. The number of rotatable bonds is 6. The fraction of sp³-hybridized carbons (Fsp3) is 0.294. The normalized spacial score (nSPS) is 10.0. The van der Waals surface area contributed by atoms with Crippen molar-refractivity contribution in [2.24, 2.45) is 5.73 Å². The van der Waals surface area contributed by atoms with Crippen molar-refractivity contribution in [1.82, 2.24) is 0 Å². The number of thiophene rings is 1. The molecule has 0 aliphatic heterocycles. The van der Waals surface area contributed by atoms with Gasteiger partial charge in [0.25, 0.3) is 0 Å². The SMILES string of the molecule is COCCc1ccc(OCc2ccc(C#CCN)s2)cc1. The maximum absolute atomic E-state index is 5.78. The number of benzene rings is 1. The Hall–Kier alpha value is -1.80. The molecule has 0 aliphatic rings. The first-order valence-corrected chi connectivity index (χ1v) is 7.62. The van der Waals surface area contributed by atoms with E-state index < -0.39 is 0 Å². The molecule has 0 unspecified atom stereocenters. The van der Waals surface area contributed by atoms with Crippen LogP contribution in [0, 0.1) is 11.8 Å². The third-order valence-corrected chi connectivity index (χ3v) is 3.85. The first-order chi connectivity index (χ1) is 10.3. The third kappa shape index (κ3) is 5.24. The van der Waals surface area contributed by atoms with E-state index >= 15 is 0 Å². The molecule has 1 aromatic carbocycles. The van der Waals surface area contributed by atoms with Crippen molar-refractivity contribution in [3.8, 4) is 17.6 Å². The minimum atomic E-state index is 0.388. The Morgan fingerprint density at radius 1 is 1.14 bits per heavy atom. The molecule has 0 amide bonds. The molecular formula is C17H19NO2S. The van der Waals surface area contributed by atoms with Crippen LogP contribution in [0.3, 0.4) is 0 Å². The zero-order valence-corrected chi connectivity index (χ0v) is 12.9. The smallest absolute Gasteiger partial charge is 0.122 e. The van der Waals surface area contributed by atoms with E-state index in [4.69, 9.17) is 15.2 Å². The lowest BCUT2D eigenvalue weighted by molar-refractivity contribution is 0.202. The maximum Gasteiger partial charge on any atom is 0.122 e. The van der Waals surface area contributed by atoms with Gasteiger partial charge in [-0.15, -0.1) is 11.3 Å². The van der Waals surface area contributed by atoms with Crippen molar-refractivity contribution < 1.29 is 9.47 Å². The highest BCUT2D eigenvalue weighted by molar-refractivity contribution is 7.12. The van der Waals surface area contributed by atoms with Crippen LogP contribution >= 0.6 is 11.3 Å². The van der Waals surface area contributed by atoms with Gasteiger partial charge in [-0.1, -0.05) is 24.0 Å². The van der Waals surface area contributed by atoms with Crippen LogP contribution in [-0.2, 0) is 17.8 Å². The van der Waals surface area contributed by atoms with Crippen molar-refractivity contribution in [2.75, 3.05) is 20.3 Å². The molecule has 0 fully saturated rings. The number of nitrogens with two attached hydrogens (primary N) is 1. The molecule has 4 heteroatoms. The highest BCUT2D eigenvalue weighted by Crippen LogP contribution is 2.19. The fourth-order valence-corrected chi connectivity index (χ4v) is 2.58. The summed E-state index contributed by atoms with van der Waals surface area (Å²) in [4.78, 5) is 2.17. The quantitative estimate of drug-likeness (QED) is 0.835. The van der Waals surface area contributed by atoms with Crippen molar-refractivity contribution >= 4 is 11.3 Å². The minimum Gasteiger partial charge on any atom is -0.488 e. The molecule has 0 saturated heterocycles. The first-order valence-electron chi connectivity index (χ1n) is 6.80. The number of hydrogen-bond acceptors (Lipinski definition) is 4. The summed E-state index contributed by atoms with van der Waals surface area (Å²) in [6.45, 7) is 1.69. The van der Waals surface area contributed by atoms with Crippen molar-refractivity contribution in [3.05, 3.63) is 51.7 Å². The third-order valence-electron chi connectivity index (χ3n) is 2.87. The molecule has 2 N–H and O–H groups in total. The van der Waals surface area contributed by atoms with Crippen LogP contribution in [-0.4, -0.2) is 20.3 Å². The van der Waals surface area contributed by atoms with Crippen LogP contribution in [0.1, 0.15) is 15.3 Å². The van der Waals surface area contributed by atoms with E-state index in [-0.39, 0.29) is 0 Å². The zero-order chi connectivity index (χ0) is 14.9. The van der Waals surface area contributed by atoms with Crippen molar-refractivity contribution in [3.63, 3.8) is 0 Å². The van der Waals surface area contributed by atoms with Gasteiger partial charge in [0.1, 0.15) is 12.4 Å². The van der Waals surface area contributed by atoms with Gasteiger partial charge in [-0.3, -0.25) is 0 Å². The average molecular weight is 301 g/mol. The molecule has 2 rings (SSSR count). The second-order valence-electron chi connectivity index (χ2n) is 4.45. The van der Waals surface area contributed by atoms with E-state index in [0.717, 1.165) is 28.5 Å². The predicted octanol–water partition coefficient (Wildman–Crippen LogP) is 2.83. The monoisotopic (exact) mass is 301 g/mol. The van der Waals surface area contributed by atoms with Crippen molar-refractivity contribution in [2.45, 2.75) is 13.0 Å². The molecule has 21 heavy (non-hydrogen) atoms. The summed E-state index contributed by atoms with van der Waals surface area (Å²) < 4.78 is 10.8. The predicted molar refractivity (Wildman–Crippen MR) is 86.6 cm³/mol. The molecule has 0 radical (unpaired) electrons. The van der Waals surface area contributed by atoms with Crippen LogP contribution in [0.4, 0.5) is 0 Å². The van der Waals surface area contributed by atoms with Crippen LogP contribution in [0.2, 0.25) is 0 Å². The summed E-state index contributed by atoms with van der Waals surface area (Å²) in [5.41, 5.74) is 6.61. The molecular weight excluding hydrogens is 282 g/mol. The van der Waals surface area contributed by atoms with Crippen LogP contribution in [0.5, 0.6) is 5.75 Å². The van der Waals surface area contributed by atoms with Crippen LogP contribution in [0.15, 0.2) is 36.4 Å². The summed E-state index contributed by atoms with van der Waals surface area (Å²) in [5.74, 6) is 6.75. The fourth-order valence-electron chi connectivity index (χ4n) is 1.79. The second kappa shape index (κ2) is 8.48.